The van der Waals surface area contributed by atoms with Crippen LogP contribution in [-0.2, 0) is 11.2 Å². The quantitative estimate of drug-likeness (QED) is 0.867. The molecule has 1 saturated heterocycles. The van der Waals surface area contributed by atoms with Crippen LogP contribution >= 0.6 is 0 Å². The first-order chi connectivity index (χ1) is 8.93. The third-order valence-electron chi connectivity index (χ3n) is 3.72. The molecule has 0 aliphatic carbocycles. The molecule has 3 nitrogen and oxygen atoms in total. The molecule has 2 N–H and O–H groups in total. The fourth-order valence-corrected chi connectivity index (χ4v) is 2.65. The van der Waals surface area contributed by atoms with Crippen molar-refractivity contribution in [3.8, 4) is 0 Å². The number of aromatic nitrogens is 1. The molecule has 2 aromatic rings. The van der Waals surface area contributed by atoms with Crippen molar-refractivity contribution in [2.75, 3.05) is 19.8 Å². The summed E-state index contributed by atoms with van der Waals surface area (Å²) in [7, 11) is 0. The van der Waals surface area contributed by atoms with E-state index >= 15 is 0 Å². The molecule has 0 atom stereocenters. The van der Waals surface area contributed by atoms with Crippen LogP contribution < -0.4 is 5.32 Å². The van der Waals surface area contributed by atoms with Gasteiger partial charge in [-0.1, -0.05) is 18.2 Å². The first kappa shape index (κ1) is 11.8. The monoisotopic (exact) mass is 244 g/mol. The molecule has 0 unspecified atom stereocenters. The maximum absolute atomic E-state index is 5.36. The molecular weight excluding hydrogens is 224 g/mol. The van der Waals surface area contributed by atoms with Gasteiger partial charge in [0.1, 0.15) is 0 Å². The molecule has 1 aliphatic heterocycles. The average Bonchev–Trinajstić information content (AvgIpc) is 2.84. The minimum absolute atomic E-state index is 0.643. The molecule has 96 valence electrons. The number of fused-ring (bicyclic) bond motifs is 1. The summed E-state index contributed by atoms with van der Waals surface area (Å²) < 4.78 is 5.36. The van der Waals surface area contributed by atoms with E-state index < -0.39 is 0 Å². The summed E-state index contributed by atoms with van der Waals surface area (Å²) in [4.78, 5) is 3.33. The van der Waals surface area contributed by atoms with Crippen LogP contribution in [0.15, 0.2) is 30.5 Å². The number of para-hydroxylation sites is 1. The van der Waals surface area contributed by atoms with Gasteiger partial charge in [-0.2, -0.15) is 0 Å². The molecule has 0 amide bonds. The van der Waals surface area contributed by atoms with Crippen LogP contribution in [-0.4, -0.2) is 30.8 Å². The summed E-state index contributed by atoms with van der Waals surface area (Å²) in [6.07, 6.45) is 5.51. The largest absolute Gasteiger partial charge is 0.381 e. The van der Waals surface area contributed by atoms with E-state index in [2.05, 4.69) is 40.8 Å². The molecule has 3 rings (SSSR count). The van der Waals surface area contributed by atoms with Crippen molar-refractivity contribution < 1.29 is 4.74 Å². The number of nitrogens with one attached hydrogen (secondary N) is 2. The van der Waals surface area contributed by atoms with Gasteiger partial charge in [0, 0.05) is 36.4 Å². The van der Waals surface area contributed by atoms with E-state index in [0.29, 0.717) is 6.04 Å². The highest BCUT2D eigenvalue weighted by molar-refractivity contribution is 5.83. The molecule has 0 spiro atoms. The van der Waals surface area contributed by atoms with Gasteiger partial charge in [0.25, 0.3) is 0 Å². The maximum Gasteiger partial charge on any atom is 0.0480 e. The van der Waals surface area contributed by atoms with E-state index in [1.165, 1.54) is 16.5 Å². The Hall–Kier alpha value is -1.32. The second-order valence-corrected chi connectivity index (χ2v) is 4.95. The van der Waals surface area contributed by atoms with Crippen LogP contribution in [0.2, 0.25) is 0 Å². The van der Waals surface area contributed by atoms with Crippen molar-refractivity contribution in [2.24, 2.45) is 0 Å². The Bertz CT molecular complexity index is 500. The van der Waals surface area contributed by atoms with Gasteiger partial charge in [0.2, 0.25) is 0 Å². The molecule has 1 aromatic heterocycles. The lowest BCUT2D eigenvalue weighted by Crippen LogP contribution is -2.35. The minimum Gasteiger partial charge on any atom is -0.381 e. The van der Waals surface area contributed by atoms with Crippen molar-refractivity contribution in [3.63, 3.8) is 0 Å². The Morgan fingerprint density at radius 3 is 2.94 bits per heavy atom. The highest BCUT2D eigenvalue weighted by Gasteiger charge is 2.12. The topological polar surface area (TPSA) is 37.0 Å². The van der Waals surface area contributed by atoms with E-state index in [1.54, 1.807) is 0 Å². The maximum atomic E-state index is 5.36. The number of aromatic amines is 1. The Labute approximate surface area is 108 Å². The summed E-state index contributed by atoms with van der Waals surface area (Å²) in [6.45, 7) is 2.86. The van der Waals surface area contributed by atoms with Crippen LogP contribution in [0, 0.1) is 0 Å². The summed E-state index contributed by atoms with van der Waals surface area (Å²) in [6, 6.07) is 9.14. The molecule has 1 aliphatic rings. The van der Waals surface area contributed by atoms with E-state index in [4.69, 9.17) is 4.74 Å². The summed E-state index contributed by atoms with van der Waals surface area (Å²) in [5, 5.41) is 4.98. The molecule has 1 fully saturated rings. The Kier molecular flexibility index (Phi) is 3.62. The van der Waals surface area contributed by atoms with Crippen LogP contribution in [0.3, 0.4) is 0 Å². The van der Waals surface area contributed by atoms with Gasteiger partial charge in [-0.3, -0.25) is 0 Å². The normalized spacial score (nSPS) is 17.3. The van der Waals surface area contributed by atoms with Gasteiger partial charge in [-0.05, 0) is 37.4 Å². The zero-order chi connectivity index (χ0) is 12.2. The lowest BCUT2D eigenvalue weighted by molar-refractivity contribution is 0.0782. The van der Waals surface area contributed by atoms with Crippen LogP contribution in [0.1, 0.15) is 18.4 Å². The van der Waals surface area contributed by atoms with E-state index in [-0.39, 0.29) is 0 Å². The van der Waals surface area contributed by atoms with Gasteiger partial charge in [0.15, 0.2) is 0 Å². The summed E-state index contributed by atoms with van der Waals surface area (Å²) >= 11 is 0. The number of benzene rings is 1. The molecule has 0 radical (unpaired) electrons. The summed E-state index contributed by atoms with van der Waals surface area (Å²) in [5.74, 6) is 0. The van der Waals surface area contributed by atoms with Crippen molar-refractivity contribution in [3.05, 3.63) is 36.0 Å². The number of ether oxygens (including phenoxy) is 1. The lowest BCUT2D eigenvalue weighted by atomic mass is 10.1. The summed E-state index contributed by atoms with van der Waals surface area (Å²) in [5.41, 5.74) is 2.64. The third kappa shape index (κ3) is 2.57. The van der Waals surface area contributed by atoms with Gasteiger partial charge < -0.3 is 15.0 Å². The van der Waals surface area contributed by atoms with Gasteiger partial charge >= 0.3 is 0 Å². The minimum atomic E-state index is 0.643. The van der Waals surface area contributed by atoms with Crippen molar-refractivity contribution >= 4 is 10.9 Å². The van der Waals surface area contributed by atoms with Gasteiger partial charge in [0.05, 0.1) is 0 Å². The van der Waals surface area contributed by atoms with Crippen LogP contribution in [0.5, 0.6) is 0 Å². The Morgan fingerprint density at radius 2 is 2.06 bits per heavy atom. The molecule has 1 aromatic carbocycles. The van der Waals surface area contributed by atoms with E-state index in [1.807, 2.05) is 0 Å². The Morgan fingerprint density at radius 1 is 1.22 bits per heavy atom. The lowest BCUT2D eigenvalue weighted by Gasteiger charge is -2.23. The predicted octanol–water partition coefficient (Wildman–Crippen LogP) is 2.48. The molecule has 0 saturated carbocycles. The molecule has 18 heavy (non-hydrogen) atoms. The molecular formula is C15H20N2O. The zero-order valence-corrected chi connectivity index (χ0v) is 10.6. The number of hydrogen-bond donors (Lipinski definition) is 2. The average molecular weight is 244 g/mol. The van der Waals surface area contributed by atoms with Crippen molar-refractivity contribution in [1.29, 1.82) is 0 Å². The van der Waals surface area contributed by atoms with Gasteiger partial charge in [-0.15, -0.1) is 0 Å². The SMILES string of the molecule is c1ccc2c(CCNC3CCOCC3)c[nH]c2c1. The molecule has 0 bridgehead atoms. The standard InChI is InChI=1S/C15H20N2O/c1-2-4-15-14(3-1)12(11-17-15)5-8-16-13-6-9-18-10-7-13/h1-4,11,13,16-17H,5-10H2. The first-order valence-electron chi connectivity index (χ1n) is 6.79. The molecule has 2 heterocycles. The first-order valence-corrected chi connectivity index (χ1v) is 6.79. The predicted molar refractivity (Wildman–Crippen MR) is 73.8 cm³/mol. The fourth-order valence-electron chi connectivity index (χ4n) is 2.65. The number of rotatable bonds is 4. The molecule has 3 heteroatoms. The van der Waals surface area contributed by atoms with E-state index in [9.17, 15) is 0 Å². The zero-order valence-electron chi connectivity index (χ0n) is 10.6. The second kappa shape index (κ2) is 5.55. The second-order valence-electron chi connectivity index (χ2n) is 4.95. The van der Waals surface area contributed by atoms with E-state index in [0.717, 1.165) is 39.0 Å². The fraction of sp³-hybridized carbons (Fsp3) is 0.467. The van der Waals surface area contributed by atoms with Crippen LogP contribution in [0.4, 0.5) is 0 Å². The van der Waals surface area contributed by atoms with Gasteiger partial charge in [-0.25, -0.2) is 0 Å². The highest BCUT2D eigenvalue weighted by Crippen LogP contribution is 2.17. The highest BCUT2D eigenvalue weighted by atomic mass is 16.5. The number of hydrogen-bond acceptors (Lipinski definition) is 2. The number of H-pyrrole nitrogens is 1. The van der Waals surface area contributed by atoms with Crippen LogP contribution in [0.25, 0.3) is 10.9 Å². The Balaban J connectivity index is 1.56. The van der Waals surface area contributed by atoms with Crippen molar-refractivity contribution in [2.45, 2.75) is 25.3 Å². The van der Waals surface area contributed by atoms with Crippen molar-refractivity contribution in [1.82, 2.24) is 10.3 Å². The third-order valence-corrected chi connectivity index (χ3v) is 3.72. The smallest absolute Gasteiger partial charge is 0.0480 e.